The van der Waals surface area contributed by atoms with Crippen molar-refractivity contribution in [1.29, 1.82) is 0 Å². The molecule has 0 radical (unpaired) electrons. The van der Waals surface area contributed by atoms with E-state index in [2.05, 4.69) is 0 Å². The van der Waals surface area contributed by atoms with Crippen molar-refractivity contribution in [2.24, 2.45) is 5.92 Å². The molecular formula is C13H18O2. The van der Waals surface area contributed by atoms with Gasteiger partial charge in [0, 0.05) is 0 Å². The van der Waals surface area contributed by atoms with Crippen LogP contribution in [0.15, 0.2) is 30.3 Å². The first-order chi connectivity index (χ1) is 7.15. The summed E-state index contributed by atoms with van der Waals surface area (Å²) < 4.78 is 5.35. The van der Waals surface area contributed by atoms with Gasteiger partial charge in [0.1, 0.15) is 6.10 Å². The first kappa shape index (κ1) is 11.8. The molecule has 2 heteroatoms. The van der Waals surface area contributed by atoms with Crippen LogP contribution in [0, 0.1) is 5.92 Å². The highest BCUT2D eigenvalue weighted by atomic mass is 16.5. The van der Waals surface area contributed by atoms with Crippen molar-refractivity contribution in [2.45, 2.75) is 33.3 Å². The van der Waals surface area contributed by atoms with Gasteiger partial charge in [-0.1, -0.05) is 44.2 Å². The lowest BCUT2D eigenvalue weighted by molar-refractivity contribution is -0.153. The first-order valence-electron chi connectivity index (χ1n) is 5.40. The Morgan fingerprint density at radius 2 is 1.87 bits per heavy atom. The van der Waals surface area contributed by atoms with Crippen molar-refractivity contribution >= 4 is 5.97 Å². The van der Waals surface area contributed by atoms with E-state index in [0.29, 0.717) is 0 Å². The second-order valence-corrected chi connectivity index (χ2v) is 3.80. The van der Waals surface area contributed by atoms with Gasteiger partial charge in [-0.25, -0.2) is 0 Å². The summed E-state index contributed by atoms with van der Waals surface area (Å²) in [5.74, 6) is -0.134. The molecule has 0 aromatic heterocycles. The smallest absolute Gasteiger partial charge is 0.309 e. The molecule has 0 fully saturated rings. The predicted octanol–water partition coefficient (Wildman–Crippen LogP) is 3.34. The van der Waals surface area contributed by atoms with Gasteiger partial charge in [-0.15, -0.1) is 0 Å². The van der Waals surface area contributed by atoms with E-state index in [-0.39, 0.29) is 18.0 Å². The molecule has 0 heterocycles. The number of carbonyl (C=O) groups is 1. The highest BCUT2D eigenvalue weighted by Gasteiger charge is 2.16. The van der Waals surface area contributed by atoms with Crippen molar-refractivity contribution in [1.82, 2.24) is 0 Å². The summed E-state index contributed by atoms with van der Waals surface area (Å²) in [5.41, 5.74) is 1.04. The number of rotatable bonds is 4. The summed E-state index contributed by atoms with van der Waals surface area (Å²) in [7, 11) is 0. The second kappa shape index (κ2) is 5.54. The van der Waals surface area contributed by atoms with Crippen LogP contribution in [0.1, 0.15) is 38.9 Å². The molecule has 0 aliphatic rings. The van der Waals surface area contributed by atoms with Crippen LogP contribution < -0.4 is 0 Å². The topological polar surface area (TPSA) is 26.3 Å². The number of esters is 1. The molecule has 0 aliphatic carbocycles. The van der Waals surface area contributed by atoms with Crippen LogP contribution >= 0.6 is 0 Å². The fourth-order valence-electron chi connectivity index (χ4n) is 1.25. The third-order valence-corrected chi connectivity index (χ3v) is 2.58. The first-order valence-corrected chi connectivity index (χ1v) is 5.40. The molecule has 15 heavy (non-hydrogen) atoms. The number of carbonyl (C=O) groups excluding carboxylic acids is 1. The number of hydrogen-bond donors (Lipinski definition) is 0. The van der Waals surface area contributed by atoms with E-state index in [1.165, 1.54) is 0 Å². The van der Waals surface area contributed by atoms with Crippen molar-refractivity contribution < 1.29 is 9.53 Å². The van der Waals surface area contributed by atoms with E-state index in [9.17, 15) is 4.79 Å². The van der Waals surface area contributed by atoms with Crippen LogP contribution in [0.4, 0.5) is 0 Å². The van der Waals surface area contributed by atoms with Crippen LogP contribution in [0.2, 0.25) is 0 Å². The molecule has 0 aliphatic heterocycles. The number of ether oxygens (including phenoxy) is 1. The molecule has 82 valence electrons. The van der Waals surface area contributed by atoms with Gasteiger partial charge in [0.25, 0.3) is 0 Å². The quantitative estimate of drug-likeness (QED) is 0.706. The number of benzene rings is 1. The Kier molecular flexibility index (Phi) is 4.35. The maximum absolute atomic E-state index is 11.5. The minimum absolute atomic E-state index is 0.0174. The van der Waals surface area contributed by atoms with E-state index in [4.69, 9.17) is 4.74 Å². The SMILES string of the molecule is CCC(C)C(=O)OC(C)c1ccccc1. The van der Waals surface area contributed by atoms with Gasteiger partial charge in [0.2, 0.25) is 0 Å². The molecule has 0 amide bonds. The van der Waals surface area contributed by atoms with Crippen LogP contribution in [0.5, 0.6) is 0 Å². The molecule has 1 aromatic rings. The zero-order chi connectivity index (χ0) is 11.3. The molecule has 0 bridgehead atoms. The van der Waals surface area contributed by atoms with Gasteiger partial charge in [0.05, 0.1) is 5.92 Å². The van der Waals surface area contributed by atoms with Crippen molar-refractivity contribution in [3.05, 3.63) is 35.9 Å². The minimum atomic E-state index is -0.160. The largest absolute Gasteiger partial charge is 0.458 e. The Labute approximate surface area is 91.3 Å². The molecular weight excluding hydrogens is 188 g/mol. The Bertz CT molecular complexity index is 306. The average molecular weight is 206 g/mol. The summed E-state index contributed by atoms with van der Waals surface area (Å²) in [6.45, 7) is 5.77. The average Bonchev–Trinajstić information content (AvgIpc) is 2.29. The lowest BCUT2D eigenvalue weighted by Crippen LogP contribution is -2.16. The molecule has 0 saturated carbocycles. The Hall–Kier alpha value is -1.31. The molecule has 0 N–H and O–H groups in total. The third-order valence-electron chi connectivity index (χ3n) is 2.58. The summed E-state index contributed by atoms with van der Waals surface area (Å²) in [6, 6.07) is 9.78. The highest BCUT2D eigenvalue weighted by molar-refractivity contribution is 5.72. The van der Waals surface area contributed by atoms with Gasteiger partial charge >= 0.3 is 5.97 Å². The Balaban J connectivity index is 2.56. The summed E-state index contributed by atoms with van der Waals surface area (Å²) in [6.07, 6.45) is 0.660. The minimum Gasteiger partial charge on any atom is -0.458 e. The van der Waals surface area contributed by atoms with Crippen LogP contribution in [-0.4, -0.2) is 5.97 Å². The standard InChI is InChI=1S/C13H18O2/c1-4-10(2)13(14)15-11(3)12-8-6-5-7-9-12/h5-11H,4H2,1-3H3. The van der Waals surface area contributed by atoms with E-state index in [1.807, 2.05) is 51.1 Å². The van der Waals surface area contributed by atoms with Gasteiger partial charge in [-0.05, 0) is 18.9 Å². The van der Waals surface area contributed by atoms with Gasteiger partial charge in [-0.3, -0.25) is 4.79 Å². The maximum atomic E-state index is 11.5. The molecule has 1 aromatic carbocycles. The number of hydrogen-bond acceptors (Lipinski definition) is 2. The van der Waals surface area contributed by atoms with E-state index >= 15 is 0 Å². The summed E-state index contributed by atoms with van der Waals surface area (Å²) in [5, 5.41) is 0. The zero-order valence-electron chi connectivity index (χ0n) is 9.57. The van der Waals surface area contributed by atoms with Crippen molar-refractivity contribution in [3.63, 3.8) is 0 Å². The molecule has 2 nitrogen and oxygen atoms in total. The van der Waals surface area contributed by atoms with Crippen molar-refractivity contribution in [3.8, 4) is 0 Å². The molecule has 0 spiro atoms. The van der Waals surface area contributed by atoms with Crippen LogP contribution in [0.3, 0.4) is 0 Å². The zero-order valence-corrected chi connectivity index (χ0v) is 9.57. The summed E-state index contributed by atoms with van der Waals surface area (Å²) in [4.78, 5) is 11.5. The van der Waals surface area contributed by atoms with Crippen molar-refractivity contribution in [2.75, 3.05) is 0 Å². The molecule has 1 rings (SSSR count). The lowest BCUT2D eigenvalue weighted by Gasteiger charge is -2.16. The Morgan fingerprint density at radius 1 is 1.27 bits per heavy atom. The third kappa shape index (κ3) is 3.39. The maximum Gasteiger partial charge on any atom is 0.309 e. The van der Waals surface area contributed by atoms with Gasteiger partial charge in [-0.2, -0.15) is 0 Å². The molecule has 2 atom stereocenters. The van der Waals surface area contributed by atoms with E-state index < -0.39 is 0 Å². The monoisotopic (exact) mass is 206 g/mol. The highest BCUT2D eigenvalue weighted by Crippen LogP contribution is 2.18. The fourth-order valence-corrected chi connectivity index (χ4v) is 1.25. The van der Waals surface area contributed by atoms with E-state index in [1.54, 1.807) is 0 Å². The fraction of sp³-hybridized carbons (Fsp3) is 0.462. The van der Waals surface area contributed by atoms with Gasteiger partial charge < -0.3 is 4.74 Å². The molecule has 2 unspecified atom stereocenters. The van der Waals surface area contributed by atoms with Crippen LogP contribution in [0.25, 0.3) is 0 Å². The van der Waals surface area contributed by atoms with E-state index in [0.717, 1.165) is 12.0 Å². The lowest BCUT2D eigenvalue weighted by atomic mass is 10.1. The van der Waals surface area contributed by atoms with Gasteiger partial charge in [0.15, 0.2) is 0 Å². The molecule has 0 saturated heterocycles. The van der Waals surface area contributed by atoms with Crippen LogP contribution in [-0.2, 0) is 9.53 Å². The predicted molar refractivity (Wildman–Crippen MR) is 60.4 cm³/mol. The normalized spacial score (nSPS) is 14.3. The Morgan fingerprint density at radius 3 is 2.40 bits per heavy atom. The summed E-state index contributed by atoms with van der Waals surface area (Å²) >= 11 is 0. The second-order valence-electron chi connectivity index (χ2n) is 3.80.